The first kappa shape index (κ1) is 19.0. The van der Waals surface area contributed by atoms with E-state index in [2.05, 4.69) is 28.8 Å². The Morgan fingerprint density at radius 2 is 2.00 bits per heavy atom. The van der Waals surface area contributed by atoms with Gasteiger partial charge in [0, 0.05) is 49.1 Å². The molecule has 0 bridgehead atoms. The van der Waals surface area contributed by atoms with E-state index in [0.29, 0.717) is 25.4 Å². The molecule has 0 aliphatic rings. The predicted octanol–water partition coefficient (Wildman–Crippen LogP) is 3.33. The van der Waals surface area contributed by atoms with Crippen LogP contribution in [0.5, 0.6) is 0 Å². The molecule has 6 nitrogen and oxygen atoms in total. The lowest BCUT2D eigenvalue weighted by Gasteiger charge is -2.16. The van der Waals surface area contributed by atoms with Crippen LogP contribution in [-0.4, -0.2) is 43.9 Å². The van der Waals surface area contributed by atoms with Gasteiger partial charge >= 0.3 is 0 Å². The molecule has 0 fully saturated rings. The number of pyridine rings is 1. The molecule has 142 valence electrons. The van der Waals surface area contributed by atoms with Gasteiger partial charge in [0.15, 0.2) is 0 Å². The van der Waals surface area contributed by atoms with Gasteiger partial charge in [0.25, 0.3) is 0 Å². The molecule has 0 saturated heterocycles. The van der Waals surface area contributed by atoms with Crippen LogP contribution in [0.25, 0.3) is 10.9 Å². The lowest BCUT2D eigenvalue weighted by atomic mass is 9.98. The second-order valence-corrected chi connectivity index (χ2v) is 7.20. The summed E-state index contributed by atoms with van der Waals surface area (Å²) in [5, 5.41) is 1.07. The van der Waals surface area contributed by atoms with Gasteiger partial charge in [-0.15, -0.1) is 0 Å². The Bertz CT molecular complexity index is 960. The summed E-state index contributed by atoms with van der Waals surface area (Å²) in [5.41, 5.74) is 5.22. The van der Waals surface area contributed by atoms with Gasteiger partial charge in [0.1, 0.15) is 12.9 Å². The molecular formula is C21H27N5O. The number of nitrogens with zero attached hydrogens (tertiary/aromatic N) is 5. The maximum atomic E-state index is 12.3. The number of carbonyl (C=O) groups is 1. The van der Waals surface area contributed by atoms with Crippen LogP contribution in [-0.2, 0) is 17.8 Å². The van der Waals surface area contributed by atoms with Crippen LogP contribution >= 0.6 is 0 Å². The normalized spacial score (nSPS) is 11.3. The molecule has 3 rings (SSSR count). The molecule has 0 atom stereocenters. The van der Waals surface area contributed by atoms with Crippen LogP contribution in [0.2, 0.25) is 0 Å². The number of hydrogen-bond acceptors (Lipinski definition) is 4. The second-order valence-electron chi connectivity index (χ2n) is 7.20. The van der Waals surface area contributed by atoms with Crippen molar-refractivity contribution in [3.05, 3.63) is 53.5 Å². The molecule has 0 aliphatic heterocycles. The van der Waals surface area contributed by atoms with E-state index < -0.39 is 0 Å². The van der Waals surface area contributed by atoms with Crippen molar-refractivity contribution in [2.24, 2.45) is 0 Å². The van der Waals surface area contributed by atoms with Gasteiger partial charge in [-0.1, -0.05) is 13.8 Å². The summed E-state index contributed by atoms with van der Waals surface area (Å²) in [7, 11) is 1.83. The SMILES string of the molecule is CCN(C)C(=O)Cn1ccc2c(Cc3c(C)ncnc3C(C)C)nccc21. The molecule has 6 heteroatoms. The molecule has 27 heavy (non-hydrogen) atoms. The standard InChI is InChI=1S/C21H27N5O/c1-6-25(5)20(27)12-26-10-8-16-18(22-9-7-19(16)26)11-17-15(4)23-13-24-21(17)14(2)3/h7-10,13-14H,6,11-12H2,1-5H3. The van der Waals surface area contributed by atoms with E-state index in [0.717, 1.165) is 33.5 Å². The molecule has 1 amide bonds. The number of aryl methyl sites for hydroxylation is 1. The summed E-state index contributed by atoms with van der Waals surface area (Å²) in [6.07, 6.45) is 6.10. The minimum Gasteiger partial charge on any atom is -0.344 e. The van der Waals surface area contributed by atoms with Gasteiger partial charge in [0.2, 0.25) is 5.91 Å². The molecule has 0 unspecified atom stereocenters. The Morgan fingerprint density at radius 1 is 1.22 bits per heavy atom. The zero-order valence-electron chi connectivity index (χ0n) is 16.7. The van der Waals surface area contributed by atoms with Crippen molar-refractivity contribution < 1.29 is 4.79 Å². The molecule has 0 aromatic carbocycles. The Kier molecular flexibility index (Phi) is 5.54. The Balaban J connectivity index is 1.97. The van der Waals surface area contributed by atoms with Gasteiger partial charge < -0.3 is 9.47 Å². The summed E-state index contributed by atoms with van der Waals surface area (Å²) in [6.45, 7) is 9.33. The summed E-state index contributed by atoms with van der Waals surface area (Å²) in [4.78, 5) is 27.5. The zero-order chi connectivity index (χ0) is 19.6. The highest BCUT2D eigenvalue weighted by molar-refractivity contribution is 5.85. The maximum Gasteiger partial charge on any atom is 0.242 e. The fourth-order valence-corrected chi connectivity index (χ4v) is 3.31. The second kappa shape index (κ2) is 7.86. The van der Waals surface area contributed by atoms with Gasteiger partial charge in [-0.3, -0.25) is 9.78 Å². The van der Waals surface area contributed by atoms with Crippen LogP contribution in [0.3, 0.4) is 0 Å². The minimum atomic E-state index is 0.0998. The van der Waals surface area contributed by atoms with Crippen LogP contribution in [0, 0.1) is 6.92 Å². The highest BCUT2D eigenvalue weighted by Crippen LogP contribution is 2.25. The molecule has 0 radical (unpaired) electrons. The van der Waals surface area contributed by atoms with E-state index in [1.807, 2.05) is 50.0 Å². The fourth-order valence-electron chi connectivity index (χ4n) is 3.31. The average molecular weight is 365 g/mol. The van der Waals surface area contributed by atoms with Crippen molar-refractivity contribution in [3.8, 4) is 0 Å². The Labute approximate surface area is 160 Å². The summed E-state index contributed by atoms with van der Waals surface area (Å²) in [6, 6.07) is 4.01. The summed E-state index contributed by atoms with van der Waals surface area (Å²) in [5.74, 6) is 0.426. The van der Waals surface area contributed by atoms with Crippen molar-refractivity contribution in [1.82, 2.24) is 24.4 Å². The summed E-state index contributed by atoms with van der Waals surface area (Å²) >= 11 is 0. The molecular weight excluding hydrogens is 338 g/mol. The van der Waals surface area contributed by atoms with Crippen LogP contribution < -0.4 is 0 Å². The van der Waals surface area contributed by atoms with Crippen LogP contribution in [0.1, 0.15) is 49.3 Å². The van der Waals surface area contributed by atoms with Gasteiger partial charge in [-0.05, 0) is 31.9 Å². The van der Waals surface area contributed by atoms with Crippen molar-refractivity contribution in [3.63, 3.8) is 0 Å². The van der Waals surface area contributed by atoms with E-state index in [-0.39, 0.29) is 5.91 Å². The van der Waals surface area contributed by atoms with E-state index in [1.54, 1.807) is 11.2 Å². The first-order chi connectivity index (χ1) is 12.9. The molecule has 3 aromatic heterocycles. The monoisotopic (exact) mass is 365 g/mol. The third kappa shape index (κ3) is 3.84. The van der Waals surface area contributed by atoms with E-state index >= 15 is 0 Å². The number of amides is 1. The van der Waals surface area contributed by atoms with Crippen LogP contribution in [0.4, 0.5) is 0 Å². The first-order valence-corrected chi connectivity index (χ1v) is 9.39. The highest BCUT2D eigenvalue weighted by atomic mass is 16.2. The molecule has 3 heterocycles. The van der Waals surface area contributed by atoms with Crippen molar-refractivity contribution >= 4 is 16.8 Å². The zero-order valence-corrected chi connectivity index (χ0v) is 16.7. The number of likely N-dealkylation sites (N-methyl/N-ethyl adjacent to an activating group) is 1. The average Bonchev–Trinajstić information content (AvgIpc) is 3.06. The molecule has 0 aliphatic carbocycles. The third-order valence-corrected chi connectivity index (χ3v) is 5.07. The lowest BCUT2D eigenvalue weighted by molar-refractivity contribution is -0.130. The Morgan fingerprint density at radius 3 is 2.70 bits per heavy atom. The lowest BCUT2D eigenvalue weighted by Crippen LogP contribution is -2.29. The van der Waals surface area contributed by atoms with Gasteiger partial charge in [-0.2, -0.15) is 0 Å². The largest absolute Gasteiger partial charge is 0.344 e. The molecule has 0 saturated carbocycles. The van der Waals surface area contributed by atoms with Crippen LogP contribution in [0.15, 0.2) is 30.9 Å². The van der Waals surface area contributed by atoms with Gasteiger partial charge in [-0.25, -0.2) is 9.97 Å². The number of carbonyl (C=O) groups excluding carboxylic acids is 1. The predicted molar refractivity (Wildman–Crippen MR) is 107 cm³/mol. The number of hydrogen-bond donors (Lipinski definition) is 0. The van der Waals surface area contributed by atoms with E-state index in [1.165, 1.54) is 0 Å². The van der Waals surface area contributed by atoms with Crippen molar-refractivity contribution in [2.45, 2.75) is 46.6 Å². The number of aromatic nitrogens is 4. The number of fused-ring (bicyclic) bond motifs is 1. The highest BCUT2D eigenvalue weighted by Gasteiger charge is 2.16. The first-order valence-electron chi connectivity index (χ1n) is 9.39. The molecule has 3 aromatic rings. The van der Waals surface area contributed by atoms with Gasteiger partial charge in [0.05, 0.1) is 16.9 Å². The molecule has 0 spiro atoms. The topological polar surface area (TPSA) is 63.9 Å². The maximum absolute atomic E-state index is 12.3. The van der Waals surface area contributed by atoms with Crippen molar-refractivity contribution in [2.75, 3.05) is 13.6 Å². The van der Waals surface area contributed by atoms with E-state index in [4.69, 9.17) is 0 Å². The smallest absolute Gasteiger partial charge is 0.242 e. The fraction of sp³-hybridized carbons (Fsp3) is 0.429. The third-order valence-electron chi connectivity index (χ3n) is 5.07. The van der Waals surface area contributed by atoms with E-state index in [9.17, 15) is 4.79 Å². The van der Waals surface area contributed by atoms with Crippen molar-refractivity contribution in [1.29, 1.82) is 0 Å². The quantitative estimate of drug-likeness (QED) is 0.672. The molecule has 0 N–H and O–H groups in total. The number of rotatable bonds is 6. The Hall–Kier alpha value is -2.76. The minimum absolute atomic E-state index is 0.0998. The summed E-state index contributed by atoms with van der Waals surface area (Å²) < 4.78 is 1.99.